The van der Waals surface area contributed by atoms with Gasteiger partial charge >= 0.3 is 0 Å². The molecule has 0 aliphatic rings. The van der Waals surface area contributed by atoms with E-state index >= 15 is 0 Å². The van der Waals surface area contributed by atoms with E-state index in [-0.39, 0.29) is 0 Å². The smallest absolute Gasteiger partial charge is 0.00930 e. The second-order valence-corrected chi connectivity index (χ2v) is 3.02. The first-order valence-electron chi connectivity index (χ1n) is 4.43. The van der Waals surface area contributed by atoms with Crippen LogP contribution >= 0.6 is 0 Å². The monoisotopic (exact) mass is 167 g/mol. The number of allylic oxidation sites excluding steroid dienone is 1. The molecule has 13 heavy (non-hydrogen) atoms. The molecule has 0 amide bonds. The second kappa shape index (κ2) is 3.44. The Morgan fingerprint density at radius 1 is 1.23 bits per heavy atom. The third-order valence-corrected chi connectivity index (χ3v) is 2.04. The number of fused-ring (bicyclic) bond motifs is 1. The molecule has 0 N–H and O–H groups in total. The molecule has 0 bridgehead atoms. The zero-order valence-corrected chi connectivity index (χ0v) is 7.62. The first-order valence-corrected chi connectivity index (χ1v) is 4.43. The first-order chi connectivity index (χ1) is 6.40. The van der Waals surface area contributed by atoms with Gasteiger partial charge in [0.1, 0.15) is 0 Å². The minimum atomic E-state index is 1.18. The van der Waals surface area contributed by atoms with E-state index in [0.29, 0.717) is 0 Å². The minimum Gasteiger partial charge on any atom is -0.0871 e. The Bertz CT molecular complexity index is 438. The molecule has 2 aromatic carbocycles. The molecule has 0 aliphatic heterocycles. The summed E-state index contributed by atoms with van der Waals surface area (Å²) in [7, 11) is 0. The van der Waals surface area contributed by atoms with Crippen molar-refractivity contribution in [1.29, 1.82) is 0 Å². The molecule has 2 rings (SSSR count). The molecule has 63 valence electrons. The number of benzene rings is 2. The van der Waals surface area contributed by atoms with Gasteiger partial charge in [0.2, 0.25) is 0 Å². The van der Waals surface area contributed by atoms with Gasteiger partial charge in [-0.2, -0.15) is 0 Å². The molecule has 1 radical (unpaired) electrons. The molecule has 0 heterocycles. The molecule has 0 atom stereocenters. The van der Waals surface area contributed by atoms with Gasteiger partial charge in [-0.05, 0) is 41.5 Å². The molecule has 0 unspecified atom stereocenters. The molecule has 0 fully saturated rings. The van der Waals surface area contributed by atoms with E-state index in [0.717, 1.165) is 0 Å². The van der Waals surface area contributed by atoms with Crippen molar-refractivity contribution in [3.63, 3.8) is 0 Å². The quantitative estimate of drug-likeness (QED) is 0.607. The molecular weight excluding hydrogens is 156 g/mol. The molecule has 0 nitrogen and oxygen atoms in total. The summed E-state index contributed by atoms with van der Waals surface area (Å²) in [6.07, 6.45) is 4.13. The van der Waals surface area contributed by atoms with Gasteiger partial charge in [-0.3, -0.25) is 0 Å². The normalized spacial score (nSPS) is 11.2. The van der Waals surface area contributed by atoms with Crippen molar-refractivity contribution in [2.45, 2.75) is 6.92 Å². The highest BCUT2D eigenvalue weighted by molar-refractivity contribution is 5.84. The van der Waals surface area contributed by atoms with Crippen LogP contribution in [0.4, 0.5) is 0 Å². The largest absolute Gasteiger partial charge is 0.0871 e. The lowest BCUT2D eigenvalue weighted by molar-refractivity contribution is 1.68. The van der Waals surface area contributed by atoms with Crippen LogP contribution in [0.3, 0.4) is 0 Å². The Labute approximate surface area is 78.5 Å². The summed E-state index contributed by atoms with van der Waals surface area (Å²) in [5.74, 6) is 0. The minimum absolute atomic E-state index is 1.18. The zero-order chi connectivity index (χ0) is 9.10. The standard InChI is InChI=1S/C13H11/c1-2-5-11-8-9-12-6-3-4-7-13(12)10-11/h2-8,10H,1H3. The van der Waals surface area contributed by atoms with Crippen LogP contribution in [0.25, 0.3) is 16.8 Å². The molecule has 0 aromatic heterocycles. The Morgan fingerprint density at radius 3 is 2.92 bits per heavy atom. The summed E-state index contributed by atoms with van der Waals surface area (Å²) >= 11 is 0. The topological polar surface area (TPSA) is 0 Å². The van der Waals surface area contributed by atoms with E-state index in [2.05, 4.69) is 36.4 Å². The third-order valence-electron chi connectivity index (χ3n) is 2.04. The maximum atomic E-state index is 3.25. The average Bonchev–Trinajstić information content (AvgIpc) is 2.18. The first kappa shape index (κ1) is 8.06. The van der Waals surface area contributed by atoms with Crippen LogP contribution in [0.15, 0.2) is 42.5 Å². The maximum Gasteiger partial charge on any atom is -0.00930 e. The van der Waals surface area contributed by atoms with Gasteiger partial charge in [0.05, 0.1) is 0 Å². The van der Waals surface area contributed by atoms with E-state index in [9.17, 15) is 0 Å². The molecule has 0 heteroatoms. The van der Waals surface area contributed by atoms with Crippen LogP contribution in [0.5, 0.6) is 0 Å². The van der Waals surface area contributed by atoms with Gasteiger partial charge in [-0.25, -0.2) is 0 Å². The molecule has 0 aliphatic carbocycles. The Balaban J connectivity index is 2.62. The van der Waals surface area contributed by atoms with Gasteiger partial charge < -0.3 is 0 Å². The number of hydrogen-bond acceptors (Lipinski definition) is 0. The summed E-state index contributed by atoms with van der Waals surface area (Å²) in [5, 5.41) is 2.42. The summed E-state index contributed by atoms with van der Waals surface area (Å²) in [6.45, 7) is 2.02. The van der Waals surface area contributed by atoms with Gasteiger partial charge in [-0.1, -0.05) is 36.4 Å². The van der Waals surface area contributed by atoms with E-state index in [1.54, 1.807) is 0 Å². The summed E-state index contributed by atoms with van der Waals surface area (Å²) < 4.78 is 0. The molecular formula is C13H11. The fourth-order valence-corrected chi connectivity index (χ4v) is 1.43. The fourth-order valence-electron chi connectivity index (χ4n) is 1.43. The SMILES string of the molecule is CC=Cc1c[c]c2ccccc2c1. The van der Waals surface area contributed by atoms with Gasteiger partial charge in [0, 0.05) is 0 Å². The van der Waals surface area contributed by atoms with Crippen LogP contribution in [0.2, 0.25) is 0 Å². The van der Waals surface area contributed by atoms with Crippen LogP contribution in [-0.4, -0.2) is 0 Å². The lowest BCUT2D eigenvalue weighted by Gasteiger charge is -1.97. The molecule has 2 aromatic rings. The Kier molecular flexibility index (Phi) is 2.13. The molecule has 0 saturated carbocycles. The van der Waals surface area contributed by atoms with Crippen LogP contribution in [0.1, 0.15) is 12.5 Å². The Hall–Kier alpha value is -1.56. The average molecular weight is 167 g/mol. The van der Waals surface area contributed by atoms with E-state index < -0.39 is 0 Å². The zero-order valence-electron chi connectivity index (χ0n) is 7.62. The molecule has 0 spiro atoms. The van der Waals surface area contributed by atoms with Crippen molar-refractivity contribution in [3.05, 3.63) is 54.1 Å². The van der Waals surface area contributed by atoms with E-state index in [1.165, 1.54) is 16.3 Å². The van der Waals surface area contributed by atoms with Gasteiger partial charge in [-0.15, -0.1) is 0 Å². The summed E-state index contributed by atoms with van der Waals surface area (Å²) in [4.78, 5) is 0. The third kappa shape index (κ3) is 1.62. The lowest BCUT2D eigenvalue weighted by Crippen LogP contribution is -1.74. The van der Waals surface area contributed by atoms with Crippen molar-refractivity contribution in [2.75, 3.05) is 0 Å². The predicted octanol–water partition coefficient (Wildman–Crippen LogP) is 3.67. The number of rotatable bonds is 1. The highest BCUT2D eigenvalue weighted by Gasteiger charge is 1.91. The van der Waals surface area contributed by atoms with Crippen molar-refractivity contribution >= 4 is 16.8 Å². The highest BCUT2D eigenvalue weighted by Crippen LogP contribution is 2.15. The van der Waals surface area contributed by atoms with E-state index in [4.69, 9.17) is 0 Å². The van der Waals surface area contributed by atoms with Gasteiger partial charge in [0.15, 0.2) is 0 Å². The summed E-state index contributed by atoms with van der Waals surface area (Å²) in [5.41, 5.74) is 1.21. The van der Waals surface area contributed by atoms with Crippen LogP contribution in [0, 0.1) is 6.07 Å². The lowest BCUT2D eigenvalue weighted by atomic mass is 10.1. The number of hydrogen-bond donors (Lipinski definition) is 0. The van der Waals surface area contributed by atoms with Crippen molar-refractivity contribution in [3.8, 4) is 0 Å². The van der Waals surface area contributed by atoms with Crippen LogP contribution in [-0.2, 0) is 0 Å². The summed E-state index contributed by atoms with van der Waals surface area (Å²) in [6, 6.07) is 15.7. The van der Waals surface area contributed by atoms with Crippen molar-refractivity contribution in [1.82, 2.24) is 0 Å². The second-order valence-electron chi connectivity index (χ2n) is 3.02. The van der Waals surface area contributed by atoms with E-state index in [1.807, 2.05) is 25.1 Å². The van der Waals surface area contributed by atoms with Crippen molar-refractivity contribution in [2.24, 2.45) is 0 Å². The maximum absolute atomic E-state index is 3.25. The predicted molar refractivity (Wildman–Crippen MR) is 57.5 cm³/mol. The highest BCUT2D eigenvalue weighted by atomic mass is 14.0. The van der Waals surface area contributed by atoms with Gasteiger partial charge in [0.25, 0.3) is 0 Å². The molecule has 0 saturated heterocycles. The van der Waals surface area contributed by atoms with Crippen molar-refractivity contribution < 1.29 is 0 Å². The fraction of sp³-hybridized carbons (Fsp3) is 0.0769. The Morgan fingerprint density at radius 2 is 2.08 bits per heavy atom. The van der Waals surface area contributed by atoms with Crippen LogP contribution < -0.4 is 0 Å².